The first-order valence-electron chi connectivity index (χ1n) is 3.77. The topological polar surface area (TPSA) is 74.6 Å². The predicted octanol–water partition coefficient (Wildman–Crippen LogP) is 0.962. The zero-order valence-electron chi connectivity index (χ0n) is 7.13. The summed E-state index contributed by atoms with van der Waals surface area (Å²) in [6, 6.07) is 0. The highest BCUT2D eigenvalue weighted by atomic mass is 16.4. The second-order valence-electron chi connectivity index (χ2n) is 4.09. The highest BCUT2D eigenvalue weighted by molar-refractivity contribution is 5.83. The Hall–Kier alpha value is -1.06. The van der Waals surface area contributed by atoms with Gasteiger partial charge in [0, 0.05) is 0 Å². The van der Waals surface area contributed by atoms with Crippen LogP contribution < -0.4 is 0 Å². The second kappa shape index (κ2) is 2.21. The Balaban J connectivity index is 2.68. The summed E-state index contributed by atoms with van der Waals surface area (Å²) in [7, 11) is 0. The molecule has 0 atom stereocenters. The van der Waals surface area contributed by atoms with Gasteiger partial charge in [0.05, 0.1) is 10.8 Å². The van der Waals surface area contributed by atoms with Gasteiger partial charge in [0.25, 0.3) is 0 Å². The molecule has 0 spiro atoms. The van der Waals surface area contributed by atoms with Crippen molar-refractivity contribution in [3.05, 3.63) is 0 Å². The first-order valence-corrected chi connectivity index (χ1v) is 3.77. The van der Waals surface area contributed by atoms with Gasteiger partial charge in [-0.3, -0.25) is 9.59 Å². The first-order chi connectivity index (χ1) is 5.30. The molecular weight excluding hydrogens is 160 g/mol. The SMILES string of the molecule is CC1(C(=O)O)CC(C)(C(=O)O)C1. The summed E-state index contributed by atoms with van der Waals surface area (Å²) in [5.74, 6) is -1.80. The third kappa shape index (κ3) is 1.07. The van der Waals surface area contributed by atoms with Crippen molar-refractivity contribution >= 4 is 11.9 Å². The molecule has 1 aliphatic carbocycles. The number of carboxylic acids is 2. The van der Waals surface area contributed by atoms with Gasteiger partial charge in [-0.15, -0.1) is 0 Å². The molecule has 0 saturated heterocycles. The van der Waals surface area contributed by atoms with Crippen LogP contribution in [0.4, 0.5) is 0 Å². The van der Waals surface area contributed by atoms with Gasteiger partial charge in [-0.1, -0.05) is 0 Å². The van der Waals surface area contributed by atoms with Crippen molar-refractivity contribution in [2.75, 3.05) is 0 Å². The number of carbonyl (C=O) groups is 2. The molecule has 0 heterocycles. The Labute approximate surface area is 70.2 Å². The van der Waals surface area contributed by atoms with Crippen LogP contribution in [-0.4, -0.2) is 22.2 Å². The molecule has 12 heavy (non-hydrogen) atoms. The zero-order valence-corrected chi connectivity index (χ0v) is 7.13. The van der Waals surface area contributed by atoms with E-state index < -0.39 is 22.8 Å². The molecule has 0 aromatic rings. The van der Waals surface area contributed by atoms with E-state index in [1.807, 2.05) is 0 Å². The molecule has 1 fully saturated rings. The van der Waals surface area contributed by atoms with E-state index >= 15 is 0 Å². The van der Waals surface area contributed by atoms with Gasteiger partial charge >= 0.3 is 11.9 Å². The molecule has 1 saturated carbocycles. The monoisotopic (exact) mass is 172 g/mol. The summed E-state index contributed by atoms with van der Waals surface area (Å²) in [6.45, 7) is 3.17. The molecule has 0 radical (unpaired) electrons. The van der Waals surface area contributed by atoms with Crippen LogP contribution in [-0.2, 0) is 9.59 Å². The predicted molar refractivity (Wildman–Crippen MR) is 40.7 cm³/mol. The standard InChI is InChI=1S/C8H12O4/c1-7(5(9)10)3-8(2,4-7)6(11)12/h3-4H2,1-2H3,(H,9,10)(H,11,12). The molecule has 0 aliphatic heterocycles. The number of hydrogen-bond donors (Lipinski definition) is 2. The third-order valence-electron chi connectivity index (χ3n) is 2.59. The maximum Gasteiger partial charge on any atom is 0.309 e. The Bertz CT molecular complexity index is 213. The summed E-state index contributed by atoms with van der Waals surface area (Å²) in [5.41, 5.74) is -1.65. The van der Waals surface area contributed by atoms with Crippen molar-refractivity contribution in [2.24, 2.45) is 10.8 Å². The maximum absolute atomic E-state index is 10.6. The van der Waals surface area contributed by atoms with Gasteiger partial charge < -0.3 is 10.2 Å². The van der Waals surface area contributed by atoms with Crippen LogP contribution in [0.15, 0.2) is 0 Å². The van der Waals surface area contributed by atoms with E-state index in [2.05, 4.69) is 0 Å². The van der Waals surface area contributed by atoms with E-state index in [4.69, 9.17) is 10.2 Å². The molecular formula is C8H12O4. The van der Waals surface area contributed by atoms with Crippen LogP contribution in [0.2, 0.25) is 0 Å². The minimum absolute atomic E-state index is 0.227. The molecule has 0 aromatic heterocycles. The van der Waals surface area contributed by atoms with Gasteiger partial charge in [-0.05, 0) is 26.7 Å². The van der Waals surface area contributed by atoms with Crippen LogP contribution in [0, 0.1) is 10.8 Å². The summed E-state index contributed by atoms with van der Waals surface area (Å²) >= 11 is 0. The number of hydrogen-bond acceptors (Lipinski definition) is 2. The van der Waals surface area contributed by atoms with Gasteiger partial charge in [0.1, 0.15) is 0 Å². The van der Waals surface area contributed by atoms with Crippen LogP contribution in [0.1, 0.15) is 26.7 Å². The van der Waals surface area contributed by atoms with E-state index in [0.29, 0.717) is 0 Å². The lowest BCUT2D eigenvalue weighted by atomic mass is 9.54. The molecule has 1 aliphatic rings. The van der Waals surface area contributed by atoms with E-state index in [1.165, 1.54) is 0 Å². The Morgan fingerprint density at radius 2 is 1.25 bits per heavy atom. The lowest BCUT2D eigenvalue weighted by Gasteiger charge is -2.47. The second-order valence-corrected chi connectivity index (χ2v) is 4.09. The molecule has 0 bridgehead atoms. The zero-order chi connectivity index (χ0) is 9.57. The fraction of sp³-hybridized carbons (Fsp3) is 0.750. The number of aliphatic carboxylic acids is 2. The van der Waals surface area contributed by atoms with Crippen molar-refractivity contribution in [1.82, 2.24) is 0 Å². The number of carboxylic acid groups (broad SMARTS) is 2. The van der Waals surface area contributed by atoms with Crippen molar-refractivity contribution < 1.29 is 19.8 Å². The van der Waals surface area contributed by atoms with Crippen molar-refractivity contribution in [3.8, 4) is 0 Å². The minimum atomic E-state index is -0.902. The van der Waals surface area contributed by atoms with Crippen molar-refractivity contribution in [1.29, 1.82) is 0 Å². The summed E-state index contributed by atoms with van der Waals surface area (Å²) < 4.78 is 0. The fourth-order valence-corrected chi connectivity index (χ4v) is 1.97. The highest BCUT2D eigenvalue weighted by Crippen LogP contribution is 2.54. The molecule has 4 nitrogen and oxygen atoms in total. The average Bonchev–Trinajstić information content (AvgIpc) is 1.83. The molecule has 0 amide bonds. The van der Waals surface area contributed by atoms with E-state index in [-0.39, 0.29) is 12.8 Å². The molecule has 1 rings (SSSR count). The normalized spacial score (nSPS) is 40.2. The summed E-state index contributed by atoms with van der Waals surface area (Å²) in [5, 5.41) is 17.4. The largest absolute Gasteiger partial charge is 0.481 e. The molecule has 0 unspecified atom stereocenters. The summed E-state index contributed by atoms with van der Waals surface area (Å²) in [4.78, 5) is 21.2. The molecule has 4 heteroatoms. The minimum Gasteiger partial charge on any atom is -0.481 e. The average molecular weight is 172 g/mol. The Kier molecular flexibility index (Phi) is 1.67. The third-order valence-corrected chi connectivity index (χ3v) is 2.59. The highest BCUT2D eigenvalue weighted by Gasteiger charge is 2.57. The molecule has 2 N–H and O–H groups in total. The lowest BCUT2D eigenvalue weighted by molar-refractivity contribution is -0.175. The maximum atomic E-state index is 10.6. The van der Waals surface area contributed by atoms with Crippen LogP contribution in [0.25, 0.3) is 0 Å². The van der Waals surface area contributed by atoms with Crippen molar-refractivity contribution in [2.45, 2.75) is 26.7 Å². The van der Waals surface area contributed by atoms with Gasteiger partial charge in [0.2, 0.25) is 0 Å². The van der Waals surface area contributed by atoms with E-state index in [9.17, 15) is 9.59 Å². The number of rotatable bonds is 2. The van der Waals surface area contributed by atoms with Crippen LogP contribution in [0.3, 0.4) is 0 Å². The smallest absolute Gasteiger partial charge is 0.309 e. The van der Waals surface area contributed by atoms with E-state index in [1.54, 1.807) is 13.8 Å². The van der Waals surface area contributed by atoms with Gasteiger partial charge in [-0.25, -0.2) is 0 Å². The Morgan fingerprint density at radius 1 is 1.00 bits per heavy atom. The van der Waals surface area contributed by atoms with Crippen molar-refractivity contribution in [3.63, 3.8) is 0 Å². The van der Waals surface area contributed by atoms with Gasteiger partial charge in [0.15, 0.2) is 0 Å². The van der Waals surface area contributed by atoms with E-state index in [0.717, 1.165) is 0 Å². The van der Waals surface area contributed by atoms with Crippen LogP contribution >= 0.6 is 0 Å². The first kappa shape index (κ1) is 9.03. The fourth-order valence-electron chi connectivity index (χ4n) is 1.97. The quantitative estimate of drug-likeness (QED) is 0.650. The lowest BCUT2D eigenvalue weighted by Crippen LogP contribution is -2.51. The van der Waals surface area contributed by atoms with Crippen LogP contribution in [0.5, 0.6) is 0 Å². The van der Waals surface area contributed by atoms with Gasteiger partial charge in [-0.2, -0.15) is 0 Å². The molecule has 68 valence electrons. The molecule has 0 aromatic carbocycles. The summed E-state index contributed by atoms with van der Waals surface area (Å²) in [6.07, 6.45) is 0.454. The Morgan fingerprint density at radius 3 is 1.42 bits per heavy atom.